The predicted octanol–water partition coefficient (Wildman–Crippen LogP) is 3.20. The van der Waals surface area contributed by atoms with E-state index >= 15 is 0 Å². The molecule has 0 unspecified atom stereocenters. The number of nitrogen functional groups attached to an aromatic ring is 1. The van der Waals surface area contributed by atoms with Crippen LogP contribution in [0.1, 0.15) is 10.4 Å². The Labute approximate surface area is 128 Å². The Morgan fingerprint density at radius 3 is 2.43 bits per heavy atom. The highest BCUT2D eigenvalue weighted by Gasteiger charge is 2.18. The van der Waals surface area contributed by atoms with Crippen LogP contribution in [-0.2, 0) is 0 Å². The summed E-state index contributed by atoms with van der Waals surface area (Å²) in [4.78, 5) is 15.6. The van der Waals surface area contributed by atoms with Crippen LogP contribution in [0.5, 0.6) is 0 Å². The van der Waals surface area contributed by atoms with Crippen molar-refractivity contribution in [3.05, 3.63) is 51.6 Å². The highest BCUT2D eigenvalue weighted by molar-refractivity contribution is 6.40. The van der Waals surface area contributed by atoms with E-state index in [0.29, 0.717) is 0 Å². The fourth-order valence-electron chi connectivity index (χ4n) is 1.56. The number of benzene rings is 1. The number of amides is 1. The fraction of sp³-hybridized carbons (Fsp3) is 0. The van der Waals surface area contributed by atoms with Crippen LogP contribution in [-0.4, -0.2) is 10.9 Å². The first-order valence-electron chi connectivity index (χ1n) is 5.51. The standard InChI is InChI=1S/C12H8Cl2F2N4O/c13-7-3-5(15)4-8(14)10(7)19-12(21)6-1-2-18-11(20-17)9(6)16/h1-4H,17H2,(H,18,20)(H,19,21). The number of halogens is 4. The van der Waals surface area contributed by atoms with E-state index in [1.807, 2.05) is 5.43 Å². The van der Waals surface area contributed by atoms with Gasteiger partial charge in [0.15, 0.2) is 11.6 Å². The highest BCUT2D eigenvalue weighted by atomic mass is 35.5. The minimum Gasteiger partial charge on any atom is -0.319 e. The molecule has 0 radical (unpaired) electrons. The van der Waals surface area contributed by atoms with Gasteiger partial charge in [0.1, 0.15) is 5.82 Å². The summed E-state index contributed by atoms with van der Waals surface area (Å²) >= 11 is 11.6. The summed E-state index contributed by atoms with van der Waals surface area (Å²) < 4.78 is 27.0. The van der Waals surface area contributed by atoms with Gasteiger partial charge in [0.2, 0.25) is 0 Å². The molecule has 110 valence electrons. The highest BCUT2D eigenvalue weighted by Crippen LogP contribution is 2.32. The normalized spacial score (nSPS) is 10.3. The van der Waals surface area contributed by atoms with Gasteiger partial charge in [0, 0.05) is 6.20 Å². The Kier molecular flexibility index (Phi) is 4.56. The first kappa shape index (κ1) is 15.4. The maximum absolute atomic E-state index is 13.9. The number of carbonyl (C=O) groups is 1. The van der Waals surface area contributed by atoms with Gasteiger partial charge in [-0.15, -0.1) is 0 Å². The topological polar surface area (TPSA) is 80.0 Å². The van der Waals surface area contributed by atoms with Crippen molar-refractivity contribution in [2.24, 2.45) is 5.84 Å². The van der Waals surface area contributed by atoms with Crippen LogP contribution >= 0.6 is 23.2 Å². The number of pyridine rings is 1. The number of nitrogens with two attached hydrogens (primary N) is 1. The number of anilines is 2. The van der Waals surface area contributed by atoms with Crippen molar-refractivity contribution < 1.29 is 13.6 Å². The molecule has 21 heavy (non-hydrogen) atoms. The molecule has 0 aliphatic rings. The quantitative estimate of drug-likeness (QED) is 0.595. The van der Waals surface area contributed by atoms with Crippen molar-refractivity contribution in [3.8, 4) is 0 Å². The van der Waals surface area contributed by atoms with Gasteiger partial charge >= 0.3 is 0 Å². The molecule has 0 spiro atoms. The van der Waals surface area contributed by atoms with Crippen molar-refractivity contribution in [1.29, 1.82) is 0 Å². The van der Waals surface area contributed by atoms with Gasteiger partial charge in [-0.05, 0) is 18.2 Å². The summed E-state index contributed by atoms with van der Waals surface area (Å²) in [5.74, 6) is 2.35. The van der Waals surface area contributed by atoms with Gasteiger partial charge in [-0.3, -0.25) is 4.79 Å². The number of hydrazine groups is 1. The Hall–Kier alpha value is -1.96. The first-order valence-corrected chi connectivity index (χ1v) is 6.26. The third-order valence-electron chi connectivity index (χ3n) is 2.52. The Bertz CT molecular complexity index is 689. The minimum absolute atomic E-state index is 0.0248. The van der Waals surface area contributed by atoms with Crippen LogP contribution in [0.3, 0.4) is 0 Å². The first-order chi connectivity index (χ1) is 9.93. The van der Waals surface area contributed by atoms with Crippen molar-refractivity contribution in [2.75, 3.05) is 10.7 Å². The van der Waals surface area contributed by atoms with E-state index in [-0.39, 0.29) is 27.1 Å². The molecule has 1 heterocycles. The molecule has 0 atom stereocenters. The number of carbonyl (C=O) groups excluding carboxylic acids is 1. The number of rotatable bonds is 3. The molecule has 1 aromatic heterocycles. The number of hydrogen-bond acceptors (Lipinski definition) is 4. The average Bonchev–Trinajstić information content (AvgIpc) is 2.42. The number of nitrogens with zero attached hydrogens (tertiary/aromatic N) is 1. The van der Waals surface area contributed by atoms with Gasteiger partial charge in [-0.25, -0.2) is 19.6 Å². The Morgan fingerprint density at radius 2 is 1.86 bits per heavy atom. The molecule has 0 bridgehead atoms. The lowest BCUT2D eigenvalue weighted by molar-refractivity contribution is 0.102. The zero-order valence-electron chi connectivity index (χ0n) is 10.3. The molecular formula is C12H8Cl2F2N4O. The van der Waals surface area contributed by atoms with Crippen LogP contribution in [0.2, 0.25) is 10.0 Å². The van der Waals surface area contributed by atoms with E-state index in [2.05, 4.69) is 10.3 Å². The van der Waals surface area contributed by atoms with Crippen LogP contribution < -0.4 is 16.6 Å². The smallest absolute Gasteiger partial charge is 0.258 e. The Balaban J connectivity index is 2.35. The second-order valence-corrected chi connectivity index (χ2v) is 4.68. The van der Waals surface area contributed by atoms with E-state index < -0.39 is 17.5 Å². The summed E-state index contributed by atoms with van der Waals surface area (Å²) in [6.45, 7) is 0. The lowest BCUT2D eigenvalue weighted by Crippen LogP contribution is -2.18. The molecule has 0 fully saturated rings. The second kappa shape index (κ2) is 6.21. The van der Waals surface area contributed by atoms with Crippen molar-refractivity contribution >= 4 is 40.6 Å². The largest absolute Gasteiger partial charge is 0.319 e. The molecule has 2 rings (SSSR count). The van der Waals surface area contributed by atoms with Crippen molar-refractivity contribution in [1.82, 2.24) is 4.98 Å². The predicted molar refractivity (Wildman–Crippen MR) is 76.4 cm³/mol. The zero-order valence-corrected chi connectivity index (χ0v) is 11.8. The summed E-state index contributed by atoms with van der Waals surface area (Å²) in [6.07, 6.45) is 1.20. The van der Waals surface area contributed by atoms with E-state index in [0.717, 1.165) is 18.2 Å². The van der Waals surface area contributed by atoms with Crippen molar-refractivity contribution in [2.45, 2.75) is 0 Å². The molecule has 5 nitrogen and oxygen atoms in total. The molecule has 0 aliphatic heterocycles. The number of hydrogen-bond donors (Lipinski definition) is 3. The average molecular weight is 333 g/mol. The van der Waals surface area contributed by atoms with Crippen LogP contribution in [0.4, 0.5) is 20.3 Å². The second-order valence-electron chi connectivity index (χ2n) is 3.86. The number of nitrogens with one attached hydrogen (secondary N) is 2. The Morgan fingerprint density at radius 1 is 1.24 bits per heavy atom. The molecule has 9 heteroatoms. The lowest BCUT2D eigenvalue weighted by atomic mass is 10.2. The van der Waals surface area contributed by atoms with Gasteiger partial charge in [-0.1, -0.05) is 23.2 Å². The lowest BCUT2D eigenvalue weighted by Gasteiger charge is -2.11. The summed E-state index contributed by atoms with van der Waals surface area (Å²) in [5, 5.41) is 2.09. The van der Waals surface area contributed by atoms with E-state index in [4.69, 9.17) is 29.0 Å². The molecule has 0 aliphatic carbocycles. The number of aromatic nitrogens is 1. The molecule has 4 N–H and O–H groups in total. The molecular weight excluding hydrogens is 325 g/mol. The van der Waals surface area contributed by atoms with E-state index in [9.17, 15) is 13.6 Å². The summed E-state index contributed by atoms with van der Waals surface area (Å²) in [6, 6.07) is 3.09. The van der Waals surface area contributed by atoms with Crippen LogP contribution in [0.25, 0.3) is 0 Å². The van der Waals surface area contributed by atoms with E-state index in [1.165, 1.54) is 6.20 Å². The molecule has 0 saturated carbocycles. The van der Waals surface area contributed by atoms with Gasteiger partial charge < -0.3 is 10.7 Å². The van der Waals surface area contributed by atoms with E-state index in [1.54, 1.807) is 0 Å². The SMILES string of the molecule is NNc1nccc(C(=O)Nc2c(Cl)cc(F)cc2Cl)c1F. The third-order valence-corrected chi connectivity index (χ3v) is 3.11. The summed E-state index contributed by atoms with van der Waals surface area (Å²) in [7, 11) is 0. The third kappa shape index (κ3) is 3.21. The maximum Gasteiger partial charge on any atom is 0.258 e. The zero-order chi connectivity index (χ0) is 15.6. The van der Waals surface area contributed by atoms with Crippen molar-refractivity contribution in [3.63, 3.8) is 0 Å². The molecule has 2 aromatic rings. The monoisotopic (exact) mass is 332 g/mol. The van der Waals surface area contributed by atoms with Crippen LogP contribution in [0.15, 0.2) is 24.4 Å². The van der Waals surface area contributed by atoms with Gasteiger partial charge in [0.25, 0.3) is 5.91 Å². The van der Waals surface area contributed by atoms with Crippen LogP contribution in [0, 0.1) is 11.6 Å². The maximum atomic E-state index is 13.9. The summed E-state index contributed by atoms with van der Waals surface area (Å²) in [5.41, 5.74) is 1.67. The van der Waals surface area contributed by atoms with Gasteiger partial charge in [-0.2, -0.15) is 0 Å². The minimum atomic E-state index is -0.938. The van der Waals surface area contributed by atoms with Gasteiger partial charge in [0.05, 0.1) is 21.3 Å². The fourth-order valence-corrected chi connectivity index (χ4v) is 2.12. The molecule has 0 saturated heterocycles. The molecule has 1 amide bonds. The molecule has 1 aromatic carbocycles.